The van der Waals surface area contributed by atoms with E-state index >= 15 is 0 Å². The lowest BCUT2D eigenvalue weighted by atomic mass is 10.1. The van der Waals surface area contributed by atoms with Gasteiger partial charge in [-0.25, -0.2) is 0 Å². The molecule has 0 aromatic heterocycles. The Balaban J connectivity index is 2.89. The van der Waals surface area contributed by atoms with Crippen LogP contribution in [0.3, 0.4) is 0 Å². The molecule has 1 radical (unpaired) electrons. The minimum absolute atomic E-state index is 1.03. The molecular weight excluding hydrogens is 132 g/mol. The van der Waals surface area contributed by atoms with Gasteiger partial charge in [-0.1, -0.05) is 45.3 Å². The van der Waals surface area contributed by atoms with Gasteiger partial charge in [0.25, 0.3) is 0 Å². The van der Waals surface area contributed by atoms with E-state index in [-0.39, 0.29) is 0 Å². The predicted octanol–water partition coefficient (Wildman–Crippen LogP) is 4.13. The summed E-state index contributed by atoms with van der Waals surface area (Å²) in [6.45, 7) is 6.03. The molecule has 0 rings (SSSR count). The first kappa shape index (κ1) is 10.7. The highest BCUT2D eigenvalue weighted by Crippen LogP contribution is 2.03. The fraction of sp³-hybridized carbons (Fsp3) is 0.727. The van der Waals surface area contributed by atoms with Crippen LogP contribution in [-0.2, 0) is 0 Å². The molecule has 0 heteroatoms. The van der Waals surface area contributed by atoms with Crippen LogP contribution in [0.15, 0.2) is 12.2 Å². The molecular formula is C11H21. The zero-order valence-corrected chi connectivity index (χ0v) is 7.81. The molecule has 0 amide bonds. The van der Waals surface area contributed by atoms with Gasteiger partial charge in [-0.2, -0.15) is 0 Å². The summed E-state index contributed by atoms with van der Waals surface area (Å²) in [5.74, 6) is 0. The van der Waals surface area contributed by atoms with Crippen molar-refractivity contribution in [3.63, 3.8) is 0 Å². The van der Waals surface area contributed by atoms with Crippen molar-refractivity contribution in [3.8, 4) is 0 Å². The summed E-state index contributed by atoms with van der Waals surface area (Å²) in [5, 5.41) is 0. The van der Waals surface area contributed by atoms with Crippen molar-refractivity contribution in [2.75, 3.05) is 0 Å². The van der Waals surface area contributed by atoms with Crippen molar-refractivity contribution in [2.24, 2.45) is 0 Å². The average Bonchev–Trinajstić information content (AvgIpc) is 2.03. The molecule has 0 heterocycles. The maximum Gasteiger partial charge on any atom is -0.0351 e. The molecule has 0 saturated heterocycles. The number of hydrogen-bond donors (Lipinski definition) is 0. The second-order valence-corrected chi connectivity index (χ2v) is 2.96. The Kier molecular flexibility index (Phi) is 9.51. The molecule has 0 atom stereocenters. The third-order valence-corrected chi connectivity index (χ3v) is 1.76. The van der Waals surface area contributed by atoms with E-state index in [9.17, 15) is 0 Å². The second-order valence-electron chi connectivity index (χ2n) is 2.96. The van der Waals surface area contributed by atoms with Gasteiger partial charge >= 0.3 is 0 Å². The Bertz CT molecular complexity index is 82.0. The van der Waals surface area contributed by atoms with Crippen LogP contribution in [0.25, 0.3) is 0 Å². The van der Waals surface area contributed by atoms with E-state index in [1.165, 1.54) is 32.1 Å². The van der Waals surface area contributed by atoms with Crippen molar-refractivity contribution < 1.29 is 0 Å². The molecule has 0 N–H and O–H groups in total. The summed E-state index contributed by atoms with van der Waals surface area (Å²) >= 11 is 0. The summed E-state index contributed by atoms with van der Waals surface area (Å²) in [7, 11) is 0. The van der Waals surface area contributed by atoms with Crippen molar-refractivity contribution >= 4 is 0 Å². The van der Waals surface area contributed by atoms with E-state index in [1.54, 1.807) is 0 Å². The number of unbranched alkanes of at least 4 members (excludes halogenated alkanes) is 5. The normalized spacial score (nSPS) is 11.1. The minimum atomic E-state index is 1.03. The Morgan fingerprint density at radius 1 is 1.00 bits per heavy atom. The van der Waals surface area contributed by atoms with Crippen LogP contribution in [0.5, 0.6) is 0 Å². The van der Waals surface area contributed by atoms with Crippen LogP contribution >= 0.6 is 0 Å². The Labute approximate surface area is 71.7 Å². The van der Waals surface area contributed by atoms with E-state index in [1.807, 2.05) is 0 Å². The van der Waals surface area contributed by atoms with Gasteiger partial charge in [0.05, 0.1) is 0 Å². The van der Waals surface area contributed by atoms with Crippen LogP contribution in [0, 0.1) is 6.92 Å². The van der Waals surface area contributed by atoms with Crippen molar-refractivity contribution in [1.29, 1.82) is 0 Å². The van der Waals surface area contributed by atoms with Crippen LogP contribution in [0.4, 0.5) is 0 Å². The quantitative estimate of drug-likeness (QED) is 0.381. The largest absolute Gasteiger partial charge is 0.0885 e. The first-order chi connectivity index (χ1) is 5.41. The summed E-state index contributed by atoms with van der Waals surface area (Å²) in [6.07, 6.45) is 13.5. The Morgan fingerprint density at radius 2 is 1.73 bits per heavy atom. The maximum absolute atomic E-state index is 3.78. The summed E-state index contributed by atoms with van der Waals surface area (Å²) < 4.78 is 0. The predicted molar refractivity (Wildman–Crippen MR) is 52.5 cm³/mol. The van der Waals surface area contributed by atoms with Gasteiger partial charge in [0.2, 0.25) is 0 Å². The van der Waals surface area contributed by atoms with Gasteiger partial charge < -0.3 is 0 Å². The molecule has 0 aromatic rings. The molecule has 0 aliphatic heterocycles. The van der Waals surface area contributed by atoms with E-state index in [0.717, 1.165) is 12.8 Å². The van der Waals surface area contributed by atoms with Gasteiger partial charge in [0.15, 0.2) is 0 Å². The highest BCUT2D eigenvalue weighted by molar-refractivity contribution is 4.81. The SMILES string of the molecule is [CH2]CC/C=C/CCCCCC. The topological polar surface area (TPSA) is 0 Å². The standard InChI is InChI=1S/C11H21/c1-3-5-7-9-11-10-8-6-4-2/h7,9H,1,3-6,8,10-11H2,2H3/b9-7+. The molecule has 11 heavy (non-hydrogen) atoms. The molecule has 0 nitrogen and oxygen atoms in total. The average molecular weight is 153 g/mol. The molecule has 0 aliphatic carbocycles. The summed E-state index contributed by atoms with van der Waals surface area (Å²) in [4.78, 5) is 0. The van der Waals surface area contributed by atoms with Gasteiger partial charge in [0.1, 0.15) is 0 Å². The van der Waals surface area contributed by atoms with E-state index < -0.39 is 0 Å². The lowest BCUT2D eigenvalue weighted by Gasteiger charge is -1.93. The monoisotopic (exact) mass is 153 g/mol. The van der Waals surface area contributed by atoms with Crippen LogP contribution in [0.2, 0.25) is 0 Å². The molecule has 65 valence electrons. The number of allylic oxidation sites excluding steroid dienone is 2. The molecule has 0 saturated carbocycles. The maximum atomic E-state index is 3.78. The molecule has 0 fully saturated rings. The van der Waals surface area contributed by atoms with Gasteiger partial charge in [-0.3, -0.25) is 0 Å². The van der Waals surface area contributed by atoms with E-state index in [0.29, 0.717) is 0 Å². The fourth-order valence-electron chi connectivity index (χ4n) is 1.04. The smallest absolute Gasteiger partial charge is 0.0351 e. The highest BCUT2D eigenvalue weighted by atomic mass is 13.9. The summed E-state index contributed by atoms with van der Waals surface area (Å²) in [5.41, 5.74) is 0. The van der Waals surface area contributed by atoms with Crippen LogP contribution in [-0.4, -0.2) is 0 Å². The van der Waals surface area contributed by atoms with Gasteiger partial charge in [-0.15, -0.1) is 0 Å². The van der Waals surface area contributed by atoms with E-state index in [2.05, 4.69) is 26.0 Å². The number of hydrogen-bond acceptors (Lipinski definition) is 0. The van der Waals surface area contributed by atoms with Gasteiger partial charge in [-0.05, 0) is 25.7 Å². The third-order valence-electron chi connectivity index (χ3n) is 1.76. The minimum Gasteiger partial charge on any atom is -0.0885 e. The molecule has 0 aromatic carbocycles. The van der Waals surface area contributed by atoms with Gasteiger partial charge in [0, 0.05) is 0 Å². The highest BCUT2D eigenvalue weighted by Gasteiger charge is 1.83. The molecule has 0 spiro atoms. The first-order valence-corrected chi connectivity index (χ1v) is 4.86. The number of rotatable bonds is 7. The molecule has 0 aliphatic rings. The Hall–Kier alpha value is -0.260. The van der Waals surface area contributed by atoms with Crippen molar-refractivity contribution in [2.45, 2.75) is 51.9 Å². The summed E-state index contributed by atoms with van der Waals surface area (Å²) in [6, 6.07) is 0. The zero-order chi connectivity index (χ0) is 8.36. The lowest BCUT2D eigenvalue weighted by Crippen LogP contribution is -1.73. The van der Waals surface area contributed by atoms with E-state index in [4.69, 9.17) is 0 Å². The van der Waals surface area contributed by atoms with Crippen LogP contribution < -0.4 is 0 Å². The van der Waals surface area contributed by atoms with Crippen molar-refractivity contribution in [3.05, 3.63) is 19.1 Å². The molecule has 0 unspecified atom stereocenters. The zero-order valence-electron chi connectivity index (χ0n) is 7.81. The lowest BCUT2D eigenvalue weighted by molar-refractivity contribution is 0.674. The van der Waals surface area contributed by atoms with Crippen LogP contribution in [0.1, 0.15) is 51.9 Å². The van der Waals surface area contributed by atoms with Crippen molar-refractivity contribution in [1.82, 2.24) is 0 Å². The third kappa shape index (κ3) is 9.74. The second kappa shape index (κ2) is 9.74. The first-order valence-electron chi connectivity index (χ1n) is 4.86. The fourth-order valence-corrected chi connectivity index (χ4v) is 1.04. The Morgan fingerprint density at radius 3 is 2.36 bits per heavy atom. The molecule has 0 bridgehead atoms.